The molecule has 0 saturated carbocycles. The monoisotopic (exact) mass is 239 g/mol. The molecule has 0 heterocycles. The second kappa shape index (κ2) is 7.13. The maximum absolute atomic E-state index is 8.66. The van der Waals surface area contributed by atoms with E-state index in [0.29, 0.717) is 23.9 Å². The van der Waals surface area contributed by atoms with Crippen molar-refractivity contribution in [1.82, 2.24) is 5.32 Å². The van der Waals surface area contributed by atoms with Gasteiger partial charge in [-0.2, -0.15) is 0 Å². The van der Waals surface area contributed by atoms with Gasteiger partial charge in [0.15, 0.2) is 0 Å². The third-order valence-electron chi connectivity index (χ3n) is 1.94. The van der Waals surface area contributed by atoms with Crippen molar-refractivity contribution >= 4 is 11.6 Å². The van der Waals surface area contributed by atoms with Crippen LogP contribution in [0.15, 0.2) is 18.2 Å². The molecule has 0 radical (unpaired) electrons. The fourth-order valence-electron chi connectivity index (χ4n) is 1.25. The zero-order valence-electron chi connectivity index (χ0n) is 8.87. The number of ether oxygens (including phenoxy) is 1. The molecule has 0 aliphatic rings. The molecule has 0 atom stereocenters. The molecule has 0 amide bonds. The van der Waals surface area contributed by atoms with E-state index >= 15 is 0 Å². The SMILES string of the molecule is C#CCOc1ccc(Cl)cc1CNCCO. The second-order valence-electron chi connectivity index (χ2n) is 3.15. The van der Waals surface area contributed by atoms with Crippen LogP contribution in [0.4, 0.5) is 0 Å². The van der Waals surface area contributed by atoms with Crippen LogP contribution in [0.3, 0.4) is 0 Å². The van der Waals surface area contributed by atoms with Crippen molar-refractivity contribution in [2.24, 2.45) is 0 Å². The van der Waals surface area contributed by atoms with Crippen LogP contribution in [-0.2, 0) is 6.54 Å². The van der Waals surface area contributed by atoms with Crippen LogP contribution in [0.1, 0.15) is 5.56 Å². The van der Waals surface area contributed by atoms with Crippen LogP contribution < -0.4 is 10.1 Å². The molecule has 3 nitrogen and oxygen atoms in total. The lowest BCUT2D eigenvalue weighted by atomic mass is 10.2. The van der Waals surface area contributed by atoms with Gasteiger partial charge in [-0.05, 0) is 18.2 Å². The zero-order chi connectivity index (χ0) is 11.8. The third kappa shape index (κ3) is 4.11. The predicted molar refractivity (Wildman–Crippen MR) is 64.6 cm³/mol. The molecule has 1 rings (SSSR count). The smallest absolute Gasteiger partial charge is 0.148 e. The van der Waals surface area contributed by atoms with E-state index in [-0.39, 0.29) is 13.2 Å². The molecule has 86 valence electrons. The highest BCUT2D eigenvalue weighted by molar-refractivity contribution is 6.30. The molecule has 1 aromatic carbocycles. The Kier molecular flexibility index (Phi) is 5.73. The van der Waals surface area contributed by atoms with Crippen molar-refractivity contribution in [3.8, 4) is 18.1 Å². The number of halogens is 1. The van der Waals surface area contributed by atoms with Gasteiger partial charge < -0.3 is 15.2 Å². The first-order chi connectivity index (χ1) is 7.77. The molecular weight excluding hydrogens is 226 g/mol. The number of aliphatic hydroxyl groups is 1. The number of benzene rings is 1. The first kappa shape index (κ1) is 12.9. The quantitative estimate of drug-likeness (QED) is 0.583. The van der Waals surface area contributed by atoms with Crippen molar-refractivity contribution in [3.63, 3.8) is 0 Å². The molecule has 4 heteroatoms. The van der Waals surface area contributed by atoms with Crippen molar-refractivity contribution < 1.29 is 9.84 Å². The topological polar surface area (TPSA) is 41.5 Å². The van der Waals surface area contributed by atoms with Crippen LogP contribution in [0, 0.1) is 12.3 Å². The van der Waals surface area contributed by atoms with Gasteiger partial charge in [-0.15, -0.1) is 6.42 Å². The van der Waals surface area contributed by atoms with Crippen LogP contribution in [0.5, 0.6) is 5.75 Å². The van der Waals surface area contributed by atoms with Gasteiger partial charge in [-0.1, -0.05) is 17.5 Å². The van der Waals surface area contributed by atoms with Gasteiger partial charge in [0, 0.05) is 23.7 Å². The van der Waals surface area contributed by atoms with Crippen molar-refractivity contribution in [2.45, 2.75) is 6.54 Å². The molecule has 1 aromatic rings. The largest absolute Gasteiger partial charge is 0.481 e. The Morgan fingerprint density at radius 2 is 2.31 bits per heavy atom. The summed E-state index contributed by atoms with van der Waals surface area (Å²) in [7, 11) is 0. The number of hydrogen-bond acceptors (Lipinski definition) is 3. The Labute approximate surface area is 100 Å². The Morgan fingerprint density at radius 1 is 1.50 bits per heavy atom. The lowest BCUT2D eigenvalue weighted by molar-refractivity contribution is 0.291. The number of nitrogens with one attached hydrogen (secondary N) is 1. The average Bonchev–Trinajstić information content (AvgIpc) is 2.28. The van der Waals surface area contributed by atoms with Crippen molar-refractivity contribution in [3.05, 3.63) is 28.8 Å². The van der Waals surface area contributed by atoms with E-state index in [1.165, 1.54) is 0 Å². The van der Waals surface area contributed by atoms with E-state index in [4.69, 9.17) is 27.9 Å². The lowest BCUT2D eigenvalue weighted by Gasteiger charge is -2.10. The number of rotatable bonds is 6. The van der Waals surface area contributed by atoms with Gasteiger partial charge in [0.2, 0.25) is 0 Å². The highest BCUT2D eigenvalue weighted by atomic mass is 35.5. The Hall–Kier alpha value is -1.21. The van der Waals surface area contributed by atoms with E-state index in [1.807, 2.05) is 6.07 Å². The maximum Gasteiger partial charge on any atom is 0.148 e. The van der Waals surface area contributed by atoms with Gasteiger partial charge >= 0.3 is 0 Å². The minimum Gasteiger partial charge on any atom is -0.481 e. The lowest BCUT2D eigenvalue weighted by Crippen LogP contribution is -2.18. The molecule has 0 aliphatic heterocycles. The molecule has 0 saturated heterocycles. The van der Waals surface area contributed by atoms with Gasteiger partial charge in [0.25, 0.3) is 0 Å². The van der Waals surface area contributed by atoms with Gasteiger partial charge in [-0.3, -0.25) is 0 Å². The molecule has 16 heavy (non-hydrogen) atoms. The van der Waals surface area contributed by atoms with E-state index in [1.54, 1.807) is 12.1 Å². The summed E-state index contributed by atoms with van der Waals surface area (Å²) in [4.78, 5) is 0. The molecule has 0 bridgehead atoms. The fourth-order valence-corrected chi connectivity index (χ4v) is 1.44. The predicted octanol–water partition coefficient (Wildman–Crippen LogP) is 1.43. The van der Waals surface area contributed by atoms with Gasteiger partial charge in [0.05, 0.1) is 6.61 Å². The Balaban J connectivity index is 2.69. The summed E-state index contributed by atoms with van der Waals surface area (Å²) in [6.45, 7) is 1.44. The van der Waals surface area contributed by atoms with Gasteiger partial charge in [-0.25, -0.2) is 0 Å². The second-order valence-corrected chi connectivity index (χ2v) is 3.58. The summed E-state index contributed by atoms with van der Waals surface area (Å²) in [6, 6.07) is 5.36. The number of terminal acetylenes is 1. The van der Waals surface area contributed by atoms with Crippen LogP contribution in [-0.4, -0.2) is 24.9 Å². The summed E-state index contributed by atoms with van der Waals surface area (Å²) >= 11 is 5.89. The maximum atomic E-state index is 8.66. The molecular formula is C12H14ClNO2. The van der Waals surface area contributed by atoms with Crippen LogP contribution >= 0.6 is 11.6 Å². The van der Waals surface area contributed by atoms with Crippen molar-refractivity contribution in [2.75, 3.05) is 19.8 Å². The van der Waals surface area contributed by atoms with E-state index in [9.17, 15) is 0 Å². The molecule has 0 aromatic heterocycles. The first-order valence-electron chi connectivity index (χ1n) is 4.94. The summed E-state index contributed by atoms with van der Waals surface area (Å²) in [5.74, 6) is 3.13. The fraction of sp³-hybridized carbons (Fsp3) is 0.333. The molecule has 0 spiro atoms. The first-order valence-corrected chi connectivity index (χ1v) is 5.32. The molecule has 0 fully saturated rings. The van der Waals surface area contributed by atoms with E-state index in [0.717, 1.165) is 5.56 Å². The summed E-state index contributed by atoms with van der Waals surface area (Å²) in [5, 5.41) is 12.4. The molecule has 0 aliphatic carbocycles. The summed E-state index contributed by atoms with van der Waals surface area (Å²) in [5.41, 5.74) is 0.927. The highest BCUT2D eigenvalue weighted by Gasteiger charge is 2.03. The van der Waals surface area contributed by atoms with Crippen LogP contribution in [0.25, 0.3) is 0 Å². The third-order valence-corrected chi connectivity index (χ3v) is 2.17. The normalized spacial score (nSPS) is 9.81. The Morgan fingerprint density at radius 3 is 3.00 bits per heavy atom. The van der Waals surface area contributed by atoms with Gasteiger partial charge in [0.1, 0.15) is 12.4 Å². The Bertz CT molecular complexity index is 374. The minimum atomic E-state index is 0.0983. The van der Waals surface area contributed by atoms with E-state index in [2.05, 4.69) is 11.2 Å². The summed E-state index contributed by atoms with van der Waals surface area (Å²) in [6.07, 6.45) is 5.13. The molecule has 2 N–H and O–H groups in total. The molecule has 0 unspecified atom stereocenters. The minimum absolute atomic E-state index is 0.0983. The number of aliphatic hydroxyl groups excluding tert-OH is 1. The number of hydrogen-bond donors (Lipinski definition) is 2. The standard InChI is InChI=1S/C12H14ClNO2/c1-2-7-16-12-4-3-11(13)8-10(12)9-14-5-6-15/h1,3-4,8,14-15H,5-7,9H2. The van der Waals surface area contributed by atoms with E-state index < -0.39 is 0 Å². The zero-order valence-corrected chi connectivity index (χ0v) is 9.63. The summed E-state index contributed by atoms with van der Waals surface area (Å²) < 4.78 is 5.37. The highest BCUT2D eigenvalue weighted by Crippen LogP contribution is 2.22. The average molecular weight is 240 g/mol. The van der Waals surface area contributed by atoms with Crippen molar-refractivity contribution in [1.29, 1.82) is 0 Å². The van der Waals surface area contributed by atoms with Crippen LogP contribution in [0.2, 0.25) is 5.02 Å².